The zero-order valence-electron chi connectivity index (χ0n) is 12.7. The number of primary amides is 1. The molecule has 0 aliphatic heterocycles. The van der Waals surface area contributed by atoms with Crippen molar-refractivity contribution in [1.29, 1.82) is 0 Å². The predicted molar refractivity (Wildman–Crippen MR) is 93.4 cm³/mol. The second-order valence-electron chi connectivity index (χ2n) is 5.88. The summed E-state index contributed by atoms with van der Waals surface area (Å²) < 4.78 is 0. The van der Waals surface area contributed by atoms with Crippen LogP contribution in [0, 0.1) is 5.92 Å². The third kappa shape index (κ3) is 3.26. The number of benzene rings is 1. The van der Waals surface area contributed by atoms with Crippen LogP contribution in [0.3, 0.4) is 0 Å². The number of halogens is 1. The van der Waals surface area contributed by atoms with Crippen LogP contribution < -0.4 is 11.1 Å². The average Bonchev–Trinajstić information content (AvgIpc) is 2.84. The number of carbonyl (C=O) groups is 2. The number of nitrogens with two attached hydrogens (primary N) is 1. The van der Waals surface area contributed by atoms with Crippen LogP contribution in [0.5, 0.6) is 0 Å². The van der Waals surface area contributed by atoms with Crippen molar-refractivity contribution in [2.75, 3.05) is 5.32 Å². The lowest BCUT2D eigenvalue weighted by molar-refractivity contribution is 0.1000. The molecule has 3 N–H and O–H groups in total. The van der Waals surface area contributed by atoms with Crippen LogP contribution in [0.4, 0.5) is 5.00 Å². The third-order valence-electron chi connectivity index (χ3n) is 4.07. The van der Waals surface area contributed by atoms with E-state index in [1.165, 1.54) is 11.3 Å². The number of rotatable bonds is 3. The van der Waals surface area contributed by atoms with Crippen LogP contribution in [-0.2, 0) is 12.8 Å². The van der Waals surface area contributed by atoms with Gasteiger partial charge < -0.3 is 11.1 Å². The largest absolute Gasteiger partial charge is 0.365 e. The molecule has 1 aromatic carbocycles. The van der Waals surface area contributed by atoms with E-state index < -0.39 is 5.91 Å². The Morgan fingerprint density at radius 1 is 1.39 bits per heavy atom. The summed E-state index contributed by atoms with van der Waals surface area (Å²) >= 11 is 7.37. The first-order valence-corrected chi connectivity index (χ1v) is 8.66. The van der Waals surface area contributed by atoms with Crippen molar-refractivity contribution in [2.45, 2.75) is 26.2 Å². The monoisotopic (exact) mass is 348 g/mol. The molecule has 1 aliphatic carbocycles. The highest BCUT2D eigenvalue weighted by Crippen LogP contribution is 2.39. The fourth-order valence-electron chi connectivity index (χ4n) is 2.91. The van der Waals surface area contributed by atoms with Crippen molar-refractivity contribution in [2.24, 2.45) is 11.7 Å². The molecule has 3 rings (SSSR count). The molecule has 120 valence electrons. The molecule has 23 heavy (non-hydrogen) atoms. The molecule has 0 fully saturated rings. The first kappa shape index (κ1) is 16.0. The summed E-state index contributed by atoms with van der Waals surface area (Å²) in [6.45, 7) is 2.16. The van der Waals surface area contributed by atoms with Gasteiger partial charge in [0.25, 0.3) is 11.8 Å². The van der Waals surface area contributed by atoms with Crippen LogP contribution in [0.25, 0.3) is 0 Å². The predicted octanol–water partition coefficient (Wildman–Crippen LogP) is 3.88. The van der Waals surface area contributed by atoms with Gasteiger partial charge in [-0.25, -0.2) is 0 Å². The molecule has 0 saturated heterocycles. The molecule has 1 aromatic heterocycles. The number of hydrogen-bond acceptors (Lipinski definition) is 3. The third-order valence-corrected chi connectivity index (χ3v) is 5.51. The average molecular weight is 349 g/mol. The smallest absolute Gasteiger partial charge is 0.256 e. The SMILES string of the molecule is C[C@@H]1CCc2sc(NC(=O)c3cccc(Cl)c3)c(C(N)=O)c2C1. The molecule has 0 spiro atoms. The Bertz CT molecular complexity index is 785. The van der Waals surface area contributed by atoms with E-state index >= 15 is 0 Å². The molecule has 0 unspecified atom stereocenters. The molecule has 0 radical (unpaired) electrons. The minimum atomic E-state index is -0.488. The first-order chi connectivity index (χ1) is 11.0. The van der Waals surface area contributed by atoms with E-state index in [4.69, 9.17) is 17.3 Å². The Morgan fingerprint density at radius 3 is 2.87 bits per heavy atom. The van der Waals surface area contributed by atoms with Crippen LogP contribution in [0.15, 0.2) is 24.3 Å². The van der Waals surface area contributed by atoms with E-state index in [-0.39, 0.29) is 5.91 Å². The molecule has 0 bridgehead atoms. The summed E-state index contributed by atoms with van der Waals surface area (Å²) in [4.78, 5) is 25.4. The van der Waals surface area contributed by atoms with Crippen molar-refractivity contribution >= 4 is 39.8 Å². The van der Waals surface area contributed by atoms with Gasteiger partial charge >= 0.3 is 0 Å². The molecule has 1 heterocycles. The van der Waals surface area contributed by atoms with E-state index in [0.29, 0.717) is 27.1 Å². The normalized spacial score (nSPS) is 16.7. The zero-order valence-corrected chi connectivity index (χ0v) is 14.3. The fourth-order valence-corrected chi connectivity index (χ4v) is 4.35. The van der Waals surface area contributed by atoms with Gasteiger partial charge in [0.1, 0.15) is 5.00 Å². The van der Waals surface area contributed by atoms with Crippen molar-refractivity contribution in [3.63, 3.8) is 0 Å². The lowest BCUT2D eigenvalue weighted by atomic mass is 9.87. The Kier molecular flexibility index (Phi) is 4.41. The number of carbonyl (C=O) groups excluding carboxylic acids is 2. The second kappa shape index (κ2) is 6.34. The van der Waals surface area contributed by atoms with E-state index in [2.05, 4.69) is 12.2 Å². The molecule has 0 saturated carbocycles. The molecule has 4 nitrogen and oxygen atoms in total. The van der Waals surface area contributed by atoms with Crippen molar-refractivity contribution < 1.29 is 9.59 Å². The van der Waals surface area contributed by atoms with Crippen molar-refractivity contribution in [3.05, 3.63) is 50.9 Å². The van der Waals surface area contributed by atoms with Gasteiger partial charge in [0.15, 0.2) is 0 Å². The van der Waals surface area contributed by atoms with E-state index in [0.717, 1.165) is 29.7 Å². The number of fused-ring (bicyclic) bond motifs is 1. The maximum Gasteiger partial charge on any atom is 0.256 e. The summed E-state index contributed by atoms with van der Waals surface area (Å²) in [5.41, 5.74) is 7.48. The highest BCUT2D eigenvalue weighted by molar-refractivity contribution is 7.17. The lowest BCUT2D eigenvalue weighted by Gasteiger charge is -2.18. The van der Waals surface area contributed by atoms with E-state index in [9.17, 15) is 9.59 Å². The maximum absolute atomic E-state index is 12.4. The van der Waals surface area contributed by atoms with Crippen LogP contribution >= 0.6 is 22.9 Å². The van der Waals surface area contributed by atoms with Gasteiger partial charge in [-0.15, -0.1) is 11.3 Å². The van der Waals surface area contributed by atoms with Crippen molar-refractivity contribution in [3.8, 4) is 0 Å². The summed E-state index contributed by atoms with van der Waals surface area (Å²) in [6.07, 6.45) is 2.85. The highest BCUT2D eigenvalue weighted by atomic mass is 35.5. The molecule has 6 heteroatoms. The van der Waals surface area contributed by atoms with E-state index in [1.807, 2.05) is 0 Å². The van der Waals surface area contributed by atoms with Gasteiger partial charge in [0.2, 0.25) is 0 Å². The van der Waals surface area contributed by atoms with Gasteiger partial charge in [0, 0.05) is 15.5 Å². The minimum Gasteiger partial charge on any atom is -0.365 e. The highest BCUT2D eigenvalue weighted by Gasteiger charge is 2.27. The molecule has 2 aromatic rings. The summed E-state index contributed by atoms with van der Waals surface area (Å²) in [5.74, 6) is -0.258. The Hall–Kier alpha value is -1.85. The van der Waals surface area contributed by atoms with Crippen LogP contribution in [0.1, 0.15) is 44.5 Å². The lowest BCUT2D eigenvalue weighted by Crippen LogP contribution is -2.19. The molecule has 1 aliphatic rings. The Morgan fingerprint density at radius 2 is 2.17 bits per heavy atom. The van der Waals surface area contributed by atoms with Gasteiger partial charge in [-0.2, -0.15) is 0 Å². The Labute approximate surface area is 143 Å². The number of anilines is 1. The molecular weight excluding hydrogens is 332 g/mol. The van der Waals surface area contributed by atoms with Crippen LogP contribution in [-0.4, -0.2) is 11.8 Å². The standard InChI is InChI=1S/C17H17ClN2O2S/c1-9-5-6-13-12(7-9)14(15(19)21)17(23-13)20-16(22)10-3-2-4-11(18)8-10/h2-4,8-9H,5-7H2,1H3,(H2,19,21)(H,20,22)/t9-/m1/s1. The summed E-state index contributed by atoms with van der Waals surface area (Å²) in [6, 6.07) is 6.70. The number of nitrogens with one attached hydrogen (secondary N) is 1. The summed E-state index contributed by atoms with van der Waals surface area (Å²) in [7, 11) is 0. The van der Waals surface area contributed by atoms with Gasteiger partial charge in [-0.3, -0.25) is 9.59 Å². The maximum atomic E-state index is 12.4. The topological polar surface area (TPSA) is 72.2 Å². The van der Waals surface area contributed by atoms with Crippen molar-refractivity contribution in [1.82, 2.24) is 0 Å². The Balaban J connectivity index is 1.94. The van der Waals surface area contributed by atoms with Crippen LogP contribution in [0.2, 0.25) is 5.02 Å². The molecule has 2 amide bonds. The first-order valence-electron chi connectivity index (χ1n) is 7.47. The fraction of sp³-hybridized carbons (Fsp3) is 0.294. The minimum absolute atomic E-state index is 0.290. The number of amides is 2. The van der Waals surface area contributed by atoms with E-state index in [1.54, 1.807) is 24.3 Å². The zero-order chi connectivity index (χ0) is 16.6. The van der Waals surface area contributed by atoms with Gasteiger partial charge in [-0.1, -0.05) is 24.6 Å². The molecular formula is C17H17ClN2O2S. The van der Waals surface area contributed by atoms with Gasteiger partial charge in [0.05, 0.1) is 5.56 Å². The number of aryl methyl sites for hydroxylation is 1. The quantitative estimate of drug-likeness (QED) is 0.883. The summed E-state index contributed by atoms with van der Waals surface area (Å²) in [5, 5.41) is 3.86. The number of hydrogen-bond donors (Lipinski definition) is 2. The number of thiophene rings is 1. The molecule has 1 atom stereocenters. The second-order valence-corrected chi connectivity index (χ2v) is 7.43. The van der Waals surface area contributed by atoms with Gasteiger partial charge in [-0.05, 0) is 48.9 Å².